The molecule has 200 valence electrons. The molecule has 0 radical (unpaired) electrons. The van der Waals surface area contributed by atoms with Crippen LogP contribution in [-0.4, -0.2) is 65.0 Å². The van der Waals surface area contributed by atoms with Crippen LogP contribution < -0.4 is 15.6 Å². The van der Waals surface area contributed by atoms with Gasteiger partial charge in [0, 0.05) is 66.4 Å². The van der Waals surface area contributed by atoms with Gasteiger partial charge in [-0.2, -0.15) is 10.1 Å². The van der Waals surface area contributed by atoms with E-state index in [4.69, 9.17) is 9.15 Å². The van der Waals surface area contributed by atoms with E-state index >= 15 is 0 Å². The fourth-order valence-electron chi connectivity index (χ4n) is 4.58. The van der Waals surface area contributed by atoms with Crippen LogP contribution in [-0.2, 0) is 11.3 Å². The Morgan fingerprint density at radius 3 is 2.69 bits per heavy atom. The fourth-order valence-corrected chi connectivity index (χ4v) is 5.49. The van der Waals surface area contributed by atoms with Crippen LogP contribution in [0.2, 0.25) is 0 Å². The minimum atomic E-state index is -0.0227. The molecule has 1 aliphatic heterocycles. The minimum Gasteiger partial charge on any atom is -0.439 e. The molecule has 5 heterocycles. The molecule has 1 aromatic carbocycles. The summed E-state index contributed by atoms with van der Waals surface area (Å²) in [5, 5.41) is 9.88. The van der Waals surface area contributed by atoms with Gasteiger partial charge in [-0.1, -0.05) is 12.1 Å². The Labute approximate surface area is 229 Å². The van der Waals surface area contributed by atoms with Crippen LogP contribution in [0.3, 0.4) is 0 Å². The zero-order valence-electron chi connectivity index (χ0n) is 22.0. The highest BCUT2D eigenvalue weighted by atomic mass is 32.1. The lowest BCUT2D eigenvalue weighted by atomic mass is 10.1. The molecule has 1 fully saturated rings. The van der Waals surface area contributed by atoms with E-state index in [9.17, 15) is 4.79 Å². The molecule has 0 amide bonds. The molecule has 0 bridgehead atoms. The van der Waals surface area contributed by atoms with Crippen LogP contribution in [0.1, 0.15) is 11.3 Å². The smallest absolute Gasteiger partial charge is 0.229 e. The first-order chi connectivity index (χ1) is 18.9. The molecule has 1 N–H and O–H groups in total. The van der Waals surface area contributed by atoms with Gasteiger partial charge < -0.3 is 24.3 Å². The molecule has 0 spiro atoms. The van der Waals surface area contributed by atoms with Gasteiger partial charge in [-0.25, -0.2) is 9.67 Å². The van der Waals surface area contributed by atoms with E-state index in [-0.39, 0.29) is 5.43 Å². The molecule has 0 atom stereocenters. The molecule has 11 heteroatoms. The SMILES string of the molecule is Cc1nn(-c2ccnc(Nc3ccc(-c4csc5c(=O)cc(N6CCOCC6)oc45)cc3)n2)cc1CN(C)C. The van der Waals surface area contributed by atoms with Gasteiger partial charge in [0.2, 0.25) is 11.4 Å². The number of morpholine rings is 1. The molecule has 5 aromatic rings. The van der Waals surface area contributed by atoms with E-state index in [0.29, 0.717) is 54.2 Å². The first-order valence-electron chi connectivity index (χ1n) is 12.7. The lowest BCUT2D eigenvalue weighted by molar-refractivity contribution is 0.121. The van der Waals surface area contributed by atoms with Crippen molar-refractivity contribution in [3.63, 3.8) is 0 Å². The minimum absolute atomic E-state index is 0.0227. The number of rotatable bonds is 7. The number of thiophene rings is 1. The van der Waals surface area contributed by atoms with Crippen LogP contribution in [0, 0.1) is 6.92 Å². The summed E-state index contributed by atoms with van der Waals surface area (Å²) < 4.78 is 14.1. The van der Waals surface area contributed by atoms with Crippen molar-refractivity contribution in [3.05, 3.63) is 75.7 Å². The van der Waals surface area contributed by atoms with Gasteiger partial charge in [0.05, 0.1) is 18.9 Å². The number of benzene rings is 1. The Bertz CT molecular complexity index is 1670. The van der Waals surface area contributed by atoms with Crippen molar-refractivity contribution in [2.45, 2.75) is 13.5 Å². The third-order valence-corrected chi connectivity index (χ3v) is 7.54. The summed E-state index contributed by atoms with van der Waals surface area (Å²) >= 11 is 1.41. The maximum absolute atomic E-state index is 12.8. The monoisotopic (exact) mass is 543 g/mol. The lowest BCUT2D eigenvalue weighted by Crippen LogP contribution is -2.36. The van der Waals surface area contributed by atoms with E-state index in [1.54, 1.807) is 16.9 Å². The van der Waals surface area contributed by atoms with Crippen molar-refractivity contribution >= 4 is 39.1 Å². The average Bonchev–Trinajstić information content (AvgIpc) is 3.53. The van der Waals surface area contributed by atoms with Crippen molar-refractivity contribution in [1.82, 2.24) is 24.6 Å². The van der Waals surface area contributed by atoms with E-state index in [1.165, 1.54) is 11.3 Å². The Morgan fingerprint density at radius 2 is 1.92 bits per heavy atom. The van der Waals surface area contributed by atoms with E-state index in [2.05, 4.69) is 30.2 Å². The van der Waals surface area contributed by atoms with Gasteiger partial charge in [0.15, 0.2) is 17.3 Å². The molecule has 1 aliphatic rings. The maximum Gasteiger partial charge on any atom is 0.229 e. The van der Waals surface area contributed by atoms with Crippen molar-refractivity contribution in [2.24, 2.45) is 0 Å². The van der Waals surface area contributed by atoms with Gasteiger partial charge in [-0.05, 0) is 38.7 Å². The zero-order valence-corrected chi connectivity index (χ0v) is 22.9. The first kappa shape index (κ1) is 25.2. The standard InChI is InChI=1S/C28H29N7O3S/c1-18-20(15-33(2)3)16-35(32-18)24-8-9-29-28(31-24)30-21-6-4-19(5-7-21)22-17-39-27-23(36)14-25(38-26(22)27)34-10-12-37-13-11-34/h4-9,14,16-17H,10-13,15H2,1-3H3,(H,29,30,31). The number of nitrogens with one attached hydrogen (secondary N) is 1. The largest absolute Gasteiger partial charge is 0.439 e. The third-order valence-electron chi connectivity index (χ3n) is 6.57. The van der Waals surface area contributed by atoms with E-state index in [0.717, 1.165) is 34.6 Å². The molecule has 6 rings (SSSR count). The topological polar surface area (TPSA) is 102 Å². The first-order valence-corrected chi connectivity index (χ1v) is 13.6. The van der Waals surface area contributed by atoms with Crippen LogP contribution in [0.5, 0.6) is 0 Å². The van der Waals surface area contributed by atoms with E-state index in [1.807, 2.05) is 62.9 Å². The molecule has 10 nitrogen and oxygen atoms in total. The summed E-state index contributed by atoms with van der Waals surface area (Å²) in [6.45, 7) is 5.47. The highest BCUT2D eigenvalue weighted by molar-refractivity contribution is 7.17. The molecule has 0 aliphatic carbocycles. The Kier molecular flexibility index (Phi) is 6.86. The predicted octanol–water partition coefficient (Wildman–Crippen LogP) is 4.45. The summed E-state index contributed by atoms with van der Waals surface area (Å²) in [5.74, 6) is 1.75. The quantitative estimate of drug-likeness (QED) is 0.319. The average molecular weight is 544 g/mol. The van der Waals surface area contributed by atoms with Gasteiger partial charge in [-0.15, -0.1) is 11.3 Å². The van der Waals surface area contributed by atoms with Crippen molar-refractivity contribution in [2.75, 3.05) is 50.6 Å². The highest BCUT2D eigenvalue weighted by Crippen LogP contribution is 2.35. The summed E-state index contributed by atoms with van der Waals surface area (Å²) in [5.41, 5.74) is 5.42. The fraction of sp³-hybridized carbons (Fsp3) is 0.286. The third kappa shape index (κ3) is 5.29. The summed E-state index contributed by atoms with van der Waals surface area (Å²) in [4.78, 5) is 26.0. The van der Waals surface area contributed by atoms with Gasteiger partial charge in [0.1, 0.15) is 4.70 Å². The Hall–Kier alpha value is -4.06. The molecular weight excluding hydrogens is 514 g/mol. The van der Waals surface area contributed by atoms with Crippen molar-refractivity contribution in [3.8, 4) is 16.9 Å². The summed E-state index contributed by atoms with van der Waals surface area (Å²) in [6.07, 6.45) is 3.72. The molecule has 1 saturated heterocycles. The molecular formula is C28H29N7O3S. The number of hydrogen-bond donors (Lipinski definition) is 1. The number of hydrogen-bond acceptors (Lipinski definition) is 10. The Morgan fingerprint density at radius 1 is 1.13 bits per heavy atom. The second-order valence-corrected chi connectivity index (χ2v) is 10.6. The zero-order chi connectivity index (χ0) is 26.9. The van der Waals surface area contributed by atoms with Gasteiger partial charge in [-0.3, -0.25) is 4.79 Å². The van der Waals surface area contributed by atoms with Crippen LogP contribution in [0.4, 0.5) is 17.5 Å². The summed E-state index contributed by atoms with van der Waals surface area (Å²) in [7, 11) is 4.07. The molecule has 39 heavy (non-hydrogen) atoms. The van der Waals surface area contributed by atoms with Crippen molar-refractivity contribution < 1.29 is 9.15 Å². The number of nitrogens with zero attached hydrogens (tertiary/aromatic N) is 6. The normalized spacial score (nSPS) is 13.9. The second-order valence-electron chi connectivity index (χ2n) is 9.72. The van der Waals surface area contributed by atoms with Crippen molar-refractivity contribution in [1.29, 1.82) is 0 Å². The predicted molar refractivity (Wildman–Crippen MR) is 153 cm³/mol. The molecule has 0 unspecified atom stereocenters. The van der Waals surface area contributed by atoms with Crippen LogP contribution in [0.25, 0.3) is 27.2 Å². The van der Waals surface area contributed by atoms with E-state index < -0.39 is 0 Å². The number of aryl methyl sites for hydroxylation is 1. The Balaban J connectivity index is 1.23. The number of aromatic nitrogens is 4. The summed E-state index contributed by atoms with van der Waals surface area (Å²) in [6, 6.07) is 11.3. The van der Waals surface area contributed by atoms with Gasteiger partial charge in [0.25, 0.3) is 0 Å². The molecule has 0 saturated carbocycles. The lowest BCUT2D eigenvalue weighted by Gasteiger charge is -2.27. The highest BCUT2D eigenvalue weighted by Gasteiger charge is 2.19. The van der Waals surface area contributed by atoms with Crippen LogP contribution >= 0.6 is 11.3 Å². The number of anilines is 3. The van der Waals surface area contributed by atoms with Crippen LogP contribution in [0.15, 0.2) is 63.4 Å². The second kappa shape index (κ2) is 10.6. The van der Waals surface area contributed by atoms with Gasteiger partial charge >= 0.3 is 0 Å². The molecule has 4 aromatic heterocycles. The number of fused-ring (bicyclic) bond motifs is 1. The maximum atomic E-state index is 12.8. The number of ether oxygens (including phenoxy) is 1.